The molecule has 2 heterocycles. The summed E-state index contributed by atoms with van der Waals surface area (Å²) in [7, 11) is 0. The molecule has 0 radical (unpaired) electrons. The maximum absolute atomic E-state index is 13.2. The minimum atomic E-state index is -0.318. The van der Waals surface area contributed by atoms with Crippen molar-refractivity contribution in [1.29, 1.82) is 0 Å². The van der Waals surface area contributed by atoms with Crippen LogP contribution in [0.1, 0.15) is 5.89 Å². The van der Waals surface area contributed by atoms with Crippen molar-refractivity contribution < 1.29 is 13.7 Å². The molecule has 1 aromatic heterocycles. The first kappa shape index (κ1) is 13.7. The zero-order valence-electron chi connectivity index (χ0n) is 10.6. The van der Waals surface area contributed by atoms with Gasteiger partial charge in [0.2, 0.25) is 11.7 Å². The van der Waals surface area contributed by atoms with Crippen LogP contribution in [0.3, 0.4) is 0 Å². The molecule has 7 heteroatoms. The second kappa shape index (κ2) is 5.99. The lowest BCUT2D eigenvalue weighted by molar-refractivity contribution is 0.0744. The van der Waals surface area contributed by atoms with Crippen molar-refractivity contribution in [3.05, 3.63) is 34.4 Å². The summed E-state index contributed by atoms with van der Waals surface area (Å²) in [6, 6.07) is 4.81. The molecule has 1 aromatic carbocycles. The van der Waals surface area contributed by atoms with Crippen molar-refractivity contribution in [1.82, 2.24) is 15.5 Å². The Hall–Kier alpha value is -1.31. The van der Waals surface area contributed by atoms with Gasteiger partial charge in [0.15, 0.2) is 0 Å². The lowest BCUT2D eigenvalue weighted by Gasteiger charge is -2.22. The summed E-state index contributed by atoms with van der Waals surface area (Å²) in [5.41, 5.74) is 0.709. The molecular formula is C13H13BrFN3O2. The van der Waals surface area contributed by atoms with E-state index in [2.05, 4.69) is 31.4 Å². The van der Waals surface area contributed by atoms with Gasteiger partial charge in [0.05, 0.1) is 17.7 Å². The molecule has 1 aliphatic rings. The maximum atomic E-state index is 13.2. The normalized spacial score (nSPS) is 19.2. The van der Waals surface area contributed by atoms with Crippen molar-refractivity contribution in [2.24, 2.45) is 0 Å². The second-order valence-corrected chi connectivity index (χ2v) is 5.43. The average Bonchev–Trinajstić information content (AvgIpc) is 2.91. The van der Waals surface area contributed by atoms with Crippen molar-refractivity contribution in [3.63, 3.8) is 0 Å². The summed E-state index contributed by atoms with van der Waals surface area (Å²) in [6.07, 6.45) is 0.620. The smallest absolute Gasteiger partial charge is 0.228 e. The van der Waals surface area contributed by atoms with Crippen LogP contribution in [0.4, 0.5) is 4.39 Å². The van der Waals surface area contributed by atoms with Crippen LogP contribution in [0, 0.1) is 5.82 Å². The average molecular weight is 342 g/mol. The predicted molar refractivity (Wildman–Crippen MR) is 73.7 cm³/mol. The molecule has 1 atom stereocenters. The lowest BCUT2D eigenvalue weighted by atomic mass is 10.2. The summed E-state index contributed by atoms with van der Waals surface area (Å²) in [4.78, 5) is 4.33. The molecule has 0 aliphatic carbocycles. The first-order valence-corrected chi connectivity index (χ1v) is 7.11. The van der Waals surface area contributed by atoms with E-state index >= 15 is 0 Å². The van der Waals surface area contributed by atoms with E-state index < -0.39 is 0 Å². The Balaban J connectivity index is 1.73. The lowest BCUT2D eigenvalue weighted by Crippen LogP contribution is -2.42. The highest BCUT2D eigenvalue weighted by Crippen LogP contribution is 2.23. The maximum Gasteiger partial charge on any atom is 0.228 e. The highest BCUT2D eigenvalue weighted by Gasteiger charge is 2.18. The van der Waals surface area contributed by atoms with Gasteiger partial charge >= 0.3 is 0 Å². The van der Waals surface area contributed by atoms with Gasteiger partial charge in [0, 0.05) is 24.6 Å². The van der Waals surface area contributed by atoms with E-state index in [0.29, 0.717) is 34.8 Å². The molecule has 5 nitrogen and oxygen atoms in total. The standard InChI is InChI=1S/C13H13BrFN3O2/c14-10-5-8(1-2-11(10)15)13-17-12(20-18-13)6-9-7-19-4-3-16-9/h1-2,5,9,16H,3-4,6-7H2. The number of nitrogens with one attached hydrogen (secondary N) is 1. The van der Waals surface area contributed by atoms with Gasteiger partial charge in [-0.2, -0.15) is 4.98 Å². The number of halogens is 2. The largest absolute Gasteiger partial charge is 0.378 e. The van der Waals surface area contributed by atoms with Crippen LogP contribution in [-0.4, -0.2) is 35.9 Å². The second-order valence-electron chi connectivity index (χ2n) is 4.57. The number of ether oxygens (including phenoxy) is 1. The van der Waals surface area contributed by atoms with Gasteiger partial charge in [0.1, 0.15) is 5.82 Å². The van der Waals surface area contributed by atoms with Crippen LogP contribution in [0.25, 0.3) is 11.4 Å². The summed E-state index contributed by atoms with van der Waals surface area (Å²) in [6.45, 7) is 2.20. The number of rotatable bonds is 3. The van der Waals surface area contributed by atoms with Crippen molar-refractivity contribution >= 4 is 15.9 Å². The van der Waals surface area contributed by atoms with E-state index in [-0.39, 0.29) is 11.9 Å². The molecule has 1 fully saturated rings. The van der Waals surface area contributed by atoms with Crippen LogP contribution in [-0.2, 0) is 11.2 Å². The Kier molecular flexibility index (Phi) is 4.09. The van der Waals surface area contributed by atoms with Gasteiger partial charge in [0.25, 0.3) is 0 Å². The quantitative estimate of drug-likeness (QED) is 0.926. The third-order valence-corrected chi connectivity index (χ3v) is 3.67. The number of hydrogen-bond acceptors (Lipinski definition) is 5. The predicted octanol–water partition coefficient (Wildman–Crippen LogP) is 2.17. The third kappa shape index (κ3) is 3.05. The summed E-state index contributed by atoms with van der Waals surface area (Å²) >= 11 is 3.14. The molecule has 2 aromatic rings. The molecule has 0 spiro atoms. The number of morpholine rings is 1. The highest BCUT2D eigenvalue weighted by molar-refractivity contribution is 9.10. The van der Waals surface area contributed by atoms with Crippen LogP contribution in [0.2, 0.25) is 0 Å². The Labute approximate surface area is 123 Å². The number of hydrogen-bond donors (Lipinski definition) is 1. The van der Waals surface area contributed by atoms with Crippen molar-refractivity contribution in [2.45, 2.75) is 12.5 Å². The summed E-state index contributed by atoms with van der Waals surface area (Å²) in [5, 5.41) is 7.25. The molecule has 0 amide bonds. The molecule has 0 saturated carbocycles. The molecule has 1 unspecified atom stereocenters. The molecular weight excluding hydrogens is 329 g/mol. The zero-order valence-corrected chi connectivity index (χ0v) is 12.2. The fourth-order valence-electron chi connectivity index (χ4n) is 2.05. The Morgan fingerprint density at radius 1 is 1.45 bits per heavy atom. The molecule has 3 rings (SSSR count). The molecule has 1 aliphatic heterocycles. The third-order valence-electron chi connectivity index (χ3n) is 3.07. The van der Waals surface area contributed by atoms with Crippen LogP contribution in [0.5, 0.6) is 0 Å². The summed E-state index contributed by atoms with van der Waals surface area (Å²) in [5.74, 6) is 0.682. The van der Waals surface area contributed by atoms with E-state index in [1.54, 1.807) is 12.1 Å². The van der Waals surface area contributed by atoms with E-state index in [0.717, 1.165) is 13.2 Å². The fraction of sp³-hybridized carbons (Fsp3) is 0.385. The van der Waals surface area contributed by atoms with Crippen molar-refractivity contribution in [2.75, 3.05) is 19.8 Å². The SMILES string of the molecule is Fc1ccc(-c2noc(CC3COCCN3)n2)cc1Br. The van der Waals surface area contributed by atoms with E-state index in [1.165, 1.54) is 6.07 Å². The van der Waals surface area contributed by atoms with Gasteiger partial charge in [-0.15, -0.1) is 0 Å². The van der Waals surface area contributed by atoms with Gasteiger partial charge in [-0.25, -0.2) is 4.39 Å². The van der Waals surface area contributed by atoms with E-state index in [1.807, 2.05) is 0 Å². The number of aromatic nitrogens is 2. The molecule has 106 valence electrons. The van der Waals surface area contributed by atoms with Gasteiger partial charge in [-0.3, -0.25) is 0 Å². The highest BCUT2D eigenvalue weighted by atomic mass is 79.9. The Morgan fingerprint density at radius 3 is 3.10 bits per heavy atom. The first-order valence-electron chi connectivity index (χ1n) is 6.31. The minimum absolute atomic E-state index is 0.192. The van der Waals surface area contributed by atoms with Crippen LogP contribution in [0.15, 0.2) is 27.2 Å². The summed E-state index contributed by atoms with van der Waals surface area (Å²) < 4.78 is 24.2. The Morgan fingerprint density at radius 2 is 2.35 bits per heavy atom. The Bertz CT molecular complexity index is 599. The number of benzene rings is 1. The fourth-order valence-corrected chi connectivity index (χ4v) is 2.43. The molecule has 20 heavy (non-hydrogen) atoms. The molecule has 1 saturated heterocycles. The van der Waals surface area contributed by atoms with Gasteiger partial charge < -0.3 is 14.6 Å². The minimum Gasteiger partial charge on any atom is -0.378 e. The van der Waals surface area contributed by atoms with Gasteiger partial charge in [-0.05, 0) is 34.1 Å². The van der Waals surface area contributed by atoms with Crippen LogP contribution >= 0.6 is 15.9 Å². The monoisotopic (exact) mass is 341 g/mol. The van der Waals surface area contributed by atoms with Crippen molar-refractivity contribution in [3.8, 4) is 11.4 Å². The molecule has 1 N–H and O–H groups in total. The number of nitrogens with zero attached hydrogens (tertiary/aromatic N) is 2. The van der Waals surface area contributed by atoms with Gasteiger partial charge in [-0.1, -0.05) is 5.16 Å². The van der Waals surface area contributed by atoms with Crippen LogP contribution < -0.4 is 5.32 Å². The first-order chi connectivity index (χ1) is 9.72. The topological polar surface area (TPSA) is 60.2 Å². The molecule has 0 bridgehead atoms. The van der Waals surface area contributed by atoms with E-state index in [9.17, 15) is 4.39 Å². The van der Waals surface area contributed by atoms with E-state index in [4.69, 9.17) is 9.26 Å². The zero-order chi connectivity index (χ0) is 13.9.